The number of alkyl halides is 4. The third-order valence-corrected chi connectivity index (χ3v) is 42.4. The van der Waals surface area contributed by atoms with E-state index in [1.54, 1.807) is 0 Å². The van der Waals surface area contributed by atoms with Gasteiger partial charge in [0.2, 0.25) is 0 Å². The monoisotopic (exact) mass is 1530 g/mol. The van der Waals surface area contributed by atoms with E-state index in [1.165, 1.54) is 0 Å². The molecule has 0 unspecified atom stereocenters. The third-order valence-electron chi connectivity index (χ3n) is 20.2. The lowest BCUT2D eigenvalue weighted by Gasteiger charge is -2.41. The molecule has 0 amide bonds. The molecule has 0 aromatic carbocycles. The molecule has 4 saturated heterocycles. The highest BCUT2D eigenvalue weighted by Crippen LogP contribution is 2.43. The van der Waals surface area contributed by atoms with Gasteiger partial charge in [0, 0.05) is 0 Å². The number of halogens is 4. The predicted octanol–water partition coefficient (Wildman–Crippen LogP) is 15.7. The first-order valence-electron chi connectivity index (χ1n) is 35.5. The third kappa shape index (κ3) is 33.3. The van der Waals surface area contributed by atoms with Crippen molar-refractivity contribution in [3.63, 3.8) is 0 Å². The smallest absolute Gasteiger partial charge is 0.336 e. The van der Waals surface area contributed by atoms with E-state index < -0.39 is 148 Å². The predicted molar refractivity (Wildman–Crippen MR) is 390 cm³/mol. The Morgan fingerprint density at radius 2 is 0.490 bits per heavy atom. The van der Waals surface area contributed by atoms with Crippen LogP contribution in [-0.2, 0) is 75.7 Å². The molecule has 0 bridgehead atoms. The first-order chi connectivity index (χ1) is 43.6. The van der Waals surface area contributed by atoms with E-state index in [2.05, 4.69) is 182 Å². The van der Waals surface area contributed by atoms with E-state index >= 15 is 0 Å². The Labute approximate surface area is 586 Å². The molecule has 576 valence electrons. The Hall–Kier alpha value is -0.0925. The fraction of sp³-hybridized carbons (Fsp3) is 1.00. The highest BCUT2D eigenvalue weighted by molar-refractivity contribution is 7.85. The van der Waals surface area contributed by atoms with Crippen molar-refractivity contribution in [1.29, 1.82) is 0 Å². The van der Waals surface area contributed by atoms with Gasteiger partial charge in [-0.2, -0.15) is 52.6 Å². The first-order valence-corrected chi connectivity index (χ1v) is 52.8. The van der Waals surface area contributed by atoms with E-state index in [0.29, 0.717) is 51.4 Å². The fourth-order valence-corrected chi connectivity index (χ4v) is 19.5. The highest BCUT2D eigenvalue weighted by Gasteiger charge is 2.49. The van der Waals surface area contributed by atoms with Crippen molar-refractivity contribution in [3.05, 3.63) is 0 Å². The topological polar surface area (TPSA) is 259 Å². The summed E-state index contributed by atoms with van der Waals surface area (Å²) in [6, 6.07) is -3.54. The highest BCUT2D eigenvalue weighted by atomic mass is 32.2. The Balaban J connectivity index is 0.000000640. The molecule has 0 aromatic heterocycles. The van der Waals surface area contributed by atoms with Gasteiger partial charge in [-0.1, -0.05) is 188 Å². The molecule has 4 heterocycles. The minimum atomic E-state index is -3.92. The van der Waals surface area contributed by atoms with Crippen molar-refractivity contribution in [2.75, 3.05) is 26.4 Å². The molecule has 0 spiro atoms. The van der Waals surface area contributed by atoms with Crippen LogP contribution < -0.4 is 18.9 Å². The summed E-state index contributed by atoms with van der Waals surface area (Å²) in [5.74, 6) is 0. The van der Waals surface area contributed by atoms with Crippen LogP contribution in [-0.4, -0.2) is 167 Å². The number of hydrogen-bond acceptors (Lipinski definition) is 16. The van der Waals surface area contributed by atoms with Crippen molar-refractivity contribution < 1.29 is 85.7 Å². The molecule has 0 saturated carbocycles. The largest absolute Gasteiger partial charge is 0.412 e. The minimum Gasteiger partial charge on any atom is -0.412 e. The fourth-order valence-electron chi connectivity index (χ4n) is 9.97. The van der Waals surface area contributed by atoms with Gasteiger partial charge in [0.25, 0.3) is 0 Å². The van der Waals surface area contributed by atoms with Gasteiger partial charge in [-0.15, -0.1) is 0 Å². The average Bonchev–Trinajstić information content (AvgIpc) is 1.13. The van der Waals surface area contributed by atoms with E-state index in [1.807, 2.05) is 0 Å². The zero-order valence-corrected chi connectivity index (χ0v) is 70.8. The van der Waals surface area contributed by atoms with Gasteiger partial charge in [0.15, 0.2) is 33.3 Å². The maximum Gasteiger partial charge on any atom is 0.336 e. The Bertz CT molecular complexity index is 2330. The number of nitrogens with one attached hydrogen (secondary N) is 4. The zero-order valence-electron chi connectivity index (χ0n) is 63.6. The van der Waals surface area contributed by atoms with Crippen molar-refractivity contribution in [1.82, 2.24) is 18.9 Å². The van der Waals surface area contributed by atoms with Gasteiger partial charge in [-0.05, 0) is 124 Å². The second-order valence-corrected chi connectivity index (χ2v) is 57.1. The van der Waals surface area contributed by atoms with Crippen molar-refractivity contribution in [2.24, 2.45) is 0 Å². The molecule has 20 nitrogen and oxygen atoms in total. The Morgan fingerprint density at radius 3 is 0.625 bits per heavy atom. The van der Waals surface area contributed by atoms with Crippen LogP contribution in [0.5, 0.6) is 0 Å². The van der Waals surface area contributed by atoms with E-state index in [4.69, 9.17) is 34.4 Å². The summed E-state index contributed by atoms with van der Waals surface area (Å²) in [5, 5.41) is -0.121. The van der Waals surface area contributed by atoms with Crippen LogP contribution in [0.3, 0.4) is 0 Å². The summed E-state index contributed by atoms with van der Waals surface area (Å²) < 4.78 is 209. The molecule has 4 aliphatic heterocycles. The molecule has 4 N–H and O–H groups in total. The quantitative estimate of drug-likeness (QED) is 0.0322. The molecular formula is C64H136F4N4O16S4Si4. The van der Waals surface area contributed by atoms with Gasteiger partial charge in [0.1, 0.15) is 24.7 Å². The van der Waals surface area contributed by atoms with Crippen LogP contribution in [0.25, 0.3) is 0 Å². The van der Waals surface area contributed by atoms with Crippen LogP contribution >= 0.6 is 0 Å². The molecule has 0 aliphatic carbocycles. The summed E-state index contributed by atoms with van der Waals surface area (Å²) in [5.41, 5.74) is 0. The molecule has 32 heteroatoms. The molecular weight excluding hydrogens is 1400 g/mol. The van der Waals surface area contributed by atoms with Crippen LogP contribution in [0.15, 0.2) is 0 Å². The minimum absolute atomic E-state index is 0.0206. The van der Waals surface area contributed by atoms with E-state index in [-0.39, 0.29) is 46.6 Å². The van der Waals surface area contributed by atoms with Crippen LogP contribution in [0.4, 0.5) is 17.6 Å². The van der Waals surface area contributed by atoms with Crippen molar-refractivity contribution in [2.45, 2.75) is 385 Å². The average molecular weight is 1530 g/mol. The van der Waals surface area contributed by atoms with Crippen LogP contribution in [0, 0.1) is 0 Å². The number of rotatable bonds is 28. The number of unbranched alkanes of at least 4 members (excludes halogenated alkanes) is 8. The van der Waals surface area contributed by atoms with Crippen LogP contribution in [0.2, 0.25) is 72.5 Å². The summed E-state index contributed by atoms with van der Waals surface area (Å²) in [6.45, 7) is 50.4. The molecule has 4 rings (SSSR count). The van der Waals surface area contributed by atoms with Crippen molar-refractivity contribution >= 4 is 74.5 Å². The van der Waals surface area contributed by atoms with Gasteiger partial charge in [0.05, 0.1) is 75.0 Å². The normalized spacial score (nSPS) is 26.8. The molecule has 0 aromatic rings. The molecule has 0 radical (unpaired) electrons. The molecule has 12 atom stereocenters. The SMILES string of the molecule is CCCCC[C@@H](F)[C@@H]1NS(=O)(=O)OCC[C@@H]1O[Si](C)(C)C(C)(C)C.CCCCC[C@@H](F)[C@@H]1NS(=O)(=O)OCC[C@@H]1O[Si](C)(C)C(C)(C)C.CCCCC[C@H](F)[C@H]1NS(=O)(=O)OCC[C@H]1O[Si](C)(C)C(C)(C)C.CCCCC[C@H](F)[C@H]1NS(=O)(=O)OCC[C@H]1O[Si](C)(C)C(C)(C)C. The first kappa shape index (κ1) is 93.9. The number of hydrogen-bond donors (Lipinski definition) is 4. The van der Waals surface area contributed by atoms with Crippen LogP contribution in [0.1, 0.15) is 239 Å². The van der Waals surface area contributed by atoms with Gasteiger partial charge < -0.3 is 17.7 Å². The van der Waals surface area contributed by atoms with E-state index in [0.717, 1.165) is 77.0 Å². The maximum atomic E-state index is 14.8. The molecule has 4 aliphatic rings. The maximum absolute atomic E-state index is 14.8. The second-order valence-electron chi connectivity index (χ2n) is 32.5. The van der Waals surface area contributed by atoms with Crippen molar-refractivity contribution in [3.8, 4) is 0 Å². The van der Waals surface area contributed by atoms with Gasteiger partial charge in [-0.25, -0.2) is 17.6 Å². The van der Waals surface area contributed by atoms with Gasteiger partial charge in [-0.3, -0.25) is 16.7 Å². The lowest BCUT2D eigenvalue weighted by atomic mass is 10.00. The lowest BCUT2D eigenvalue weighted by molar-refractivity contribution is 0.0869. The van der Waals surface area contributed by atoms with E-state index in [9.17, 15) is 51.2 Å². The lowest BCUT2D eigenvalue weighted by Crippen LogP contribution is -2.54. The van der Waals surface area contributed by atoms with Gasteiger partial charge >= 0.3 is 41.2 Å². The zero-order chi connectivity index (χ0) is 74.4. The summed E-state index contributed by atoms with van der Waals surface area (Å²) in [7, 11) is -24.3. The Kier molecular flexibility index (Phi) is 39.5. The Morgan fingerprint density at radius 1 is 0.333 bits per heavy atom. The summed E-state index contributed by atoms with van der Waals surface area (Å²) >= 11 is 0. The second kappa shape index (κ2) is 40.4. The molecule has 96 heavy (non-hydrogen) atoms. The summed E-state index contributed by atoms with van der Waals surface area (Å²) in [6.07, 6.45) is 6.40. The molecule has 4 fully saturated rings. The standard InChI is InChI=1S/4C16H34FNO4SSi/c4*1-7-8-9-10-13(17)15-14(11-12-21-23(19,20)18-15)22-24(5,6)16(2,3)4/h4*13-15,18H,7-12H2,1-6H3/t4*13-,14+,15+/m1100/s1. The summed E-state index contributed by atoms with van der Waals surface area (Å²) in [4.78, 5) is 0.